The van der Waals surface area contributed by atoms with Gasteiger partial charge >= 0.3 is 0 Å². The zero-order chi connectivity index (χ0) is 14.5. The van der Waals surface area contributed by atoms with Crippen molar-refractivity contribution in [2.45, 2.75) is 25.7 Å². The highest BCUT2D eigenvalue weighted by Gasteiger charge is 2.12. The summed E-state index contributed by atoms with van der Waals surface area (Å²) in [5, 5.41) is 1.55. The van der Waals surface area contributed by atoms with Crippen molar-refractivity contribution < 1.29 is 0 Å². The second kappa shape index (κ2) is 7.09. The minimum absolute atomic E-state index is 0.750. The van der Waals surface area contributed by atoms with E-state index in [1.54, 1.807) is 0 Å². The first-order chi connectivity index (χ1) is 9.65. The van der Waals surface area contributed by atoms with Gasteiger partial charge in [0.25, 0.3) is 0 Å². The Morgan fingerprint density at radius 2 is 1.95 bits per heavy atom. The molecular formula is C16H18BrClN2. The van der Waals surface area contributed by atoms with E-state index >= 15 is 0 Å². The fourth-order valence-corrected chi connectivity index (χ4v) is 3.21. The van der Waals surface area contributed by atoms with Gasteiger partial charge in [0.1, 0.15) is 0 Å². The molecule has 4 heteroatoms. The molecule has 1 heterocycles. The lowest BCUT2D eigenvalue weighted by molar-refractivity contribution is 0.802. The van der Waals surface area contributed by atoms with Crippen molar-refractivity contribution in [3.63, 3.8) is 0 Å². The molecule has 0 aliphatic carbocycles. The Balaban J connectivity index is 2.31. The SMILES string of the molecule is CCN(Cc1cccc(C)n1)c1cccc(Cl)c1CBr. The summed E-state index contributed by atoms with van der Waals surface area (Å²) in [7, 11) is 0. The molecule has 0 N–H and O–H groups in total. The molecule has 2 nitrogen and oxygen atoms in total. The van der Waals surface area contributed by atoms with Gasteiger partial charge in [-0.3, -0.25) is 4.98 Å². The van der Waals surface area contributed by atoms with E-state index in [1.165, 1.54) is 5.69 Å². The lowest BCUT2D eigenvalue weighted by Crippen LogP contribution is -2.23. The third kappa shape index (κ3) is 3.53. The highest BCUT2D eigenvalue weighted by Crippen LogP contribution is 2.30. The van der Waals surface area contributed by atoms with Crippen LogP contribution in [0.1, 0.15) is 23.9 Å². The molecule has 0 fully saturated rings. The number of anilines is 1. The van der Waals surface area contributed by atoms with Gasteiger partial charge in [0.05, 0.1) is 12.2 Å². The first-order valence-electron chi connectivity index (χ1n) is 6.66. The molecule has 2 rings (SSSR count). The molecule has 0 saturated heterocycles. The fraction of sp³-hybridized carbons (Fsp3) is 0.312. The van der Waals surface area contributed by atoms with Gasteiger partial charge in [-0.05, 0) is 38.1 Å². The van der Waals surface area contributed by atoms with Crippen LogP contribution in [-0.2, 0) is 11.9 Å². The number of benzene rings is 1. The van der Waals surface area contributed by atoms with E-state index in [1.807, 2.05) is 25.1 Å². The fourth-order valence-electron chi connectivity index (χ4n) is 2.23. The van der Waals surface area contributed by atoms with Crippen molar-refractivity contribution in [1.29, 1.82) is 0 Å². The summed E-state index contributed by atoms with van der Waals surface area (Å²) in [6.07, 6.45) is 0. The lowest BCUT2D eigenvalue weighted by atomic mass is 10.1. The van der Waals surface area contributed by atoms with E-state index in [9.17, 15) is 0 Å². The molecule has 0 atom stereocenters. The van der Waals surface area contributed by atoms with E-state index in [4.69, 9.17) is 11.6 Å². The summed E-state index contributed by atoms with van der Waals surface area (Å²) in [6, 6.07) is 12.2. The Morgan fingerprint density at radius 1 is 1.20 bits per heavy atom. The Labute approximate surface area is 133 Å². The first kappa shape index (κ1) is 15.3. The summed E-state index contributed by atoms with van der Waals surface area (Å²) < 4.78 is 0. The van der Waals surface area contributed by atoms with Gasteiger partial charge in [-0.25, -0.2) is 0 Å². The number of alkyl halides is 1. The summed E-state index contributed by atoms with van der Waals surface area (Å²) >= 11 is 9.81. The summed E-state index contributed by atoms with van der Waals surface area (Å²) in [5.41, 5.74) is 4.42. The van der Waals surface area contributed by atoms with E-state index in [-0.39, 0.29) is 0 Å². The van der Waals surface area contributed by atoms with Crippen molar-refractivity contribution in [3.8, 4) is 0 Å². The molecule has 0 saturated carbocycles. The van der Waals surface area contributed by atoms with Crippen molar-refractivity contribution in [2.24, 2.45) is 0 Å². The molecule has 1 aromatic heterocycles. The lowest BCUT2D eigenvalue weighted by Gasteiger charge is -2.25. The summed E-state index contributed by atoms with van der Waals surface area (Å²) in [4.78, 5) is 6.87. The van der Waals surface area contributed by atoms with Crippen molar-refractivity contribution in [2.75, 3.05) is 11.4 Å². The van der Waals surface area contributed by atoms with Crippen LogP contribution in [0.5, 0.6) is 0 Å². The maximum atomic E-state index is 6.29. The van der Waals surface area contributed by atoms with E-state index < -0.39 is 0 Å². The van der Waals surface area contributed by atoms with Crippen LogP contribution in [0.4, 0.5) is 5.69 Å². The number of aromatic nitrogens is 1. The zero-order valence-corrected chi connectivity index (χ0v) is 14.1. The minimum Gasteiger partial charge on any atom is -0.366 e. The largest absolute Gasteiger partial charge is 0.366 e. The number of hydrogen-bond donors (Lipinski definition) is 0. The second-order valence-electron chi connectivity index (χ2n) is 4.66. The molecule has 0 aliphatic heterocycles. The van der Waals surface area contributed by atoms with Crippen molar-refractivity contribution >= 4 is 33.2 Å². The standard InChI is InChI=1S/C16H18BrClN2/c1-3-20(11-13-7-4-6-12(2)19-13)16-9-5-8-15(18)14(16)10-17/h4-9H,3,10-11H2,1-2H3. The number of hydrogen-bond acceptors (Lipinski definition) is 2. The highest BCUT2D eigenvalue weighted by atomic mass is 79.9. The van der Waals surface area contributed by atoms with Gasteiger partial charge in [-0.1, -0.05) is 39.7 Å². The molecule has 1 aromatic carbocycles. The summed E-state index contributed by atoms with van der Waals surface area (Å²) in [6.45, 7) is 5.87. The van der Waals surface area contributed by atoms with Gasteiger partial charge in [0.15, 0.2) is 0 Å². The van der Waals surface area contributed by atoms with Crippen LogP contribution in [0.3, 0.4) is 0 Å². The quantitative estimate of drug-likeness (QED) is 0.706. The first-order valence-corrected chi connectivity index (χ1v) is 8.16. The Bertz CT molecular complexity index is 586. The number of halogens is 2. The van der Waals surface area contributed by atoms with Crippen molar-refractivity contribution in [1.82, 2.24) is 4.98 Å². The highest BCUT2D eigenvalue weighted by molar-refractivity contribution is 9.08. The van der Waals surface area contributed by atoms with Crippen LogP contribution in [-0.4, -0.2) is 11.5 Å². The number of pyridine rings is 1. The molecule has 0 bridgehead atoms. The molecule has 106 valence electrons. The van der Waals surface area contributed by atoms with E-state index in [0.717, 1.165) is 40.4 Å². The van der Waals surface area contributed by atoms with Gasteiger partial charge in [0.2, 0.25) is 0 Å². The van der Waals surface area contributed by atoms with E-state index in [2.05, 4.69) is 50.9 Å². The molecule has 0 amide bonds. The summed E-state index contributed by atoms with van der Waals surface area (Å²) in [5.74, 6) is 0. The van der Waals surface area contributed by atoms with Gasteiger partial charge in [-0.15, -0.1) is 0 Å². The van der Waals surface area contributed by atoms with Gasteiger partial charge in [-0.2, -0.15) is 0 Å². The maximum absolute atomic E-state index is 6.29. The Hall–Kier alpha value is -1.06. The van der Waals surface area contributed by atoms with Crippen LogP contribution in [0, 0.1) is 6.92 Å². The predicted molar refractivity (Wildman–Crippen MR) is 89.8 cm³/mol. The molecule has 20 heavy (non-hydrogen) atoms. The predicted octanol–water partition coefficient (Wildman–Crippen LogP) is 4.96. The molecule has 0 spiro atoms. The monoisotopic (exact) mass is 352 g/mol. The average Bonchev–Trinajstić information content (AvgIpc) is 2.44. The maximum Gasteiger partial charge on any atom is 0.0602 e. The van der Waals surface area contributed by atoms with Crippen molar-refractivity contribution in [3.05, 3.63) is 58.4 Å². The second-order valence-corrected chi connectivity index (χ2v) is 5.62. The topological polar surface area (TPSA) is 16.1 Å². The average molecular weight is 354 g/mol. The van der Waals surface area contributed by atoms with Gasteiger partial charge in [0, 0.05) is 33.8 Å². The minimum atomic E-state index is 0.750. The third-order valence-electron chi connectivity index (χ3n) is 3.25. The van der Waals surface area contributed by atoms with Crippen LogP contribution >= 0.6 is 27.5 Å². The van der Waals surface area contributed by atoms with Gasteiger partial charge < -0.3 is 4.90 Å². The smallest absolute Gasteiger partial charge is 0.0602 e. The number of nitrogens with zero attached hydrogens (tertiary/aromatic N) is 2. The Morgan fingerprint density at radius 3 is 2.60 bits per heavy atom. The van der Waals surface area contributed by atoms with Crippen LogP contribution < -0.4 is 4.90 Å². The number of aryl methyl sites for hydroxylation is 1. The van der Waals surface area contributed by atoms with Crippen LogP contribution in [0.2, 0.25) is 5.02 Å². The van der Waals surface area contributed by atoms with Crippen LogP contribution in [0.25, 0.3) is 0 Å². The molecule has 0 unspecified atom stereocenters. The van der Waals surface area contributed by atoms with Crippen LogP contribution in [0.15, 0.2) is 36.4 Å². The third-order valence-corrected chi connectivity index (χ3v) is 4.16. The Kier molecular flexibility index (Phi) is 5.44. The normalized spacial score (nSPS) is 10.6. The molecule has 2 aromatic rings. The molecular weight excluding hydrogens is 336 g/mol. The van der Waals surface area contributed by atoms with E-state index in [0.29, 0.717) is 0 Å². The molecule has 0 radical (unpaired) electrons. The number of rotatable bonds is 5. The zero-order valence-electron chi connectivity index (χ0n) is 11.7. The molecule has 0 aliphatic rings.